The summed E-state index contributed by atoms with van der Waals surface area (Å²) in [5, 5.41) is 49.6. The van der Waals surface area contributed by atoms with Crippen LogP contribution in [0.25, 0.3) is 0 Å². The maximum atomic E-state index is 12.7. The van der Waals surface area contributed by atoms with E-state index in [1.165, 1.54) is 24.2 Å². The molecule has 2 rings (SSSR count). The zero-order chi connectivity index (χ0) is 31.6. The molecule has 8 nitrogen and oxygen atoms in total. The predicted molar refractivity (Wildman–Crippen MR) is 170 cm³/mol. The molecule has 0 radical (unpaired) electrons. The van der Waals surface area contributed by atoms with Crippen LogP contribution in [0.1, 0.15) is 136 Å². The SMILES string of the molecule is CC(CCCCCCCC=CCC(O)CCCC(O)CCCCCCCO)CC(C)C(O)=C1C(=O)C2CC(O)CN2C1=O. The molecule has 0 aromatic rings. The van der Waals surface area contributed by atoms with Gasteiger partial charge in [0.25, 0.3) is 5.91 Å². The number of hydrogen-bond acceptors (Lipinski definition) is 7. The van der Waals surface area contributed by atoms with Gasteiger partial charge in [-0.2, -0.15) is 0 Å². The number of carbonyl (C=O) groups is 2. The smallest absolute Gasteiger partial charge is 0.261 e. The van der Waals surface area contributed by atoms with Gasteiger partial charge in [-0.15, -0.1) is 0 Å². The Morgan fingerprint density at radius 1 is 0.837 bits per heavy atom. The first kappa shape index (κ1) is 37.4. The summed E-state index contributed by atoms with van der Waals surface area (Å²) in [5.74, 6) is -0.725. The first-order valence-corrected chi connectivity index (χ1v) is 17.2. The average Bonchev–Trinajstić information content (AvgIpc) is 3.46. The molecular formula is C35H61NO7. The molecule has 2 aliphatic rings. The van der Waals surface area contributed by atoms with E-state index in [1.807, 2.05) is 6.92 Å². The van der Waals surface area contributed by atoms with Gasteiger partial charge in [0, 0.05) is 25.5 Å². The lowest BCUT2D eigenvalue weighted by Gasteiger charge is -2.18. The fraction of sp³-hybridized carbons (Fsp3) is 0.829. The maximum absolute atomic E-state index is 12.7. The number of aliphatic hydroxyl groups is 5. The normalized spacial score (nSPS) is 22.8. The molecule has 0 bridgehead atoms. The van der Waals surface area contributed by atoms with Crippen LogP contribution in [0.2, 0.25) is 0 Å². The maximum Gasteiger partial charge on any atom is 0.261 e. The molecule has 43 heavy (non-hydrogen) atoms. The fourth-order valence-electron chi connectivity index (χ4n) is 6.55. The van der Waals surface area contributed by atoms with E-state index in [0.29, 0.717) is 12.3 Å². The van der Waals surface area contributed by atoms with Crippen molar-refractivity contribution in [2.75, 3.05) is 13.2 Å². The molecule has 0 aliphatic carbocycles. The van der Waals surface area contributed by atoms with Crippen molar-refractivity contribution < 1.29 is 35.1 Å². The van der Waals surface area contributed by atoms with E-state index in [1.54, 1.807) is 0 Å². The third-order valence-electron chi connectivity index (χ3n) is 9.19. The second-order valence-corrected chi connectivity index (χ2v) is 13.3. The minimum absolute atomic E-state index is 0.0661. The number of ketones is 1. The molecule has 0 saturated carbocycles. The summed E-state index contributed by atoms with van der Waals surface area (Å²) < 4.78 is 0. The van der Waals surface area contributed by atoms with Crippen LogP contribution < -0.4 is 0 Å². The van der Waals surface area contributed by atoms with Crippen LogP contribution in [0.4, 0.5) is 0 Å². The number of unbranched alkanes of at least 4 members (excludes halogenated alkanes) is 9. The van der Waals surface area contributed by atoms with Crippen LogP contribution in [-0.2, 0) is 9.59 Å². The lowest BCUT2D eigenvalue weighted by atomic mass is 9.89. The number of aliphatic hydroxyl groups excluding tert-OH is 5. The summed E-state index contributed by atoms with van der Waals surface area (Å²) in [5.41, 5.74) is -0.0661. The molecule has 8 heteroatoms. The molecular weight excluding hydrogens is 546 g/mol. The highest BCUT2D eigenvalue weighted by Gasteiger charge is 2.50. The molecule has 248 valence electrons. The quantitative estimate of drug-likeness (QED) is 0.0302. The van der Waals surface area contributed by atoms with Crippen LogP contribution >= 0.6 is 0 Å². The number of Topliss-reactive ketones (excluding diaryl/α,β-unsaturated/α-hetero) is 1. The minimum Gasteiger partial charge on any atom is -0.511 e. The minimum atomic E-state index is -0.661. The number of allylic oxidation sites excluding steroid dienone is 2. The molecule has 0 spiro atoms. The molecule has 2 fully saturated rings. The Hall–Kier alpha value is -1.74. The topological polar surface area (TPSA) is 139 Å². The van der Waals surface area contributed by atoms with E-state index >= 15 is 0 Å². The van der Waals surface area contributed by atoms with Crippen molar-refractivity contribution in [3.63, 3.8) is 0 Å². The van der Waals surface area contributed by atoms with Crippen LogP contribution in [0.5, 0.6) is 0 Å². The van der Waals surface area contributed by atoms with Gasteiger partial charge in [0.1, 0.15) is 11.3 Å². The summed E-state index contributed by atoms with van der Waals surface area (Å²) in [4.78, 5) is 26.7. The first-order valence-electron chi connectivity index (χ1n) is 17.2. The Balaban J connectivity index is 1.45. The standard InChI is InChI=1S/C35H61NO7/c1-26(23-27(2)33(41)32-34(42)31-24-30(40)25-36(31)35(32)43)17-12-8-5-3-4-6-9-13-18-28(38)20-16-21-29(39)19-14-10-7-11-15-22-37/h9,13,26-31,37-41H,3-8,10-12,14-25H2,1-2H3. The average molecular weight is 608 g/mol. The molecule has 2 aliphatic heterocycles. The zero-order valence-electron chi connectivity index (χ0n) is 27.0. The number of nitrogens with zero attached hydrogens (tertiary/aromatic N) is 1. The van der Waals surface area contributed by atoms with Crippen LogP contribution in [0, 0.1) is 11.8 Å². The Labute approximate surface area is 260 Å². The van der Waals surface area contributed by atoms with Crippen molar-refractivity contribution in [3.05, 3.63) is 23.5 Å². The van der Waals surface area contributed by atoms with Gasteiger partial charge in [-0.3, -0.25) is 9.59 Å². The third kappa shape index (κ3) is 13.8. The second-order valence-electron chi connectivity index (χ2n) is 13.3. The number of carbonyl (C=O) groups excluding carboxylic acids is 2. The van der Waals surface area contributed by atoms with Crippen molar-refractivity contribution >= 4 is 11.7 Å². The molecule has 6 atom stereocenters. The molecule has 2 saturated heterocycles. The van der Waals surface area contributed by atoms with E-state index < -0.39 is 18.1 Å². The highest BCUT2D eigenvalue weighted by Crippen LogP contribution is 2.34. The van der Waals surface area contributed by atoms with Crippen LogP contribution in [0.15, 0.2) is 23.5 Å². The lowest BCUT2D eigenvalue weighted by Crippen LogP contribution is -2.29. The predicted octanol–water partition coefficient (Wildman–Crippen LogP) is 5.91. The van der Waals surface area contributed by atoms with Crippen LogP contribution in [-0.4, -0.2) is 79.6 Å². The van der Waals surface area contributed by atoms with Crippen molar-refractivity contribution in [1.82, 2.24) is 4.90 Å². The Morgan fingerprint density at radius 2 is 1.44 bits per heavy atom. The number of rotatable bonds is 24. The Kier molecular flexibility index (Phi) is 18.4. The summed E-state index contributed by atoms with van der Waals surface area (Å²) in [6.45, 7) is 4.47. The van der Waals surface area contributed by atoms with E-state index in [-0.39, 0.29) is 54.8 Å². The molecule has 0 aromatic heterocycles. The lowest BCUT2D eigenvalue weighted by molar-refractivity contribution is -0.125. The highest BCUT2D eigenvalue weighted by atomic mass is 16.3. The van der Waals surface area contributed by atoms with Crippen molar-refractivity contribution in [2.24, 2.45) is 11.8 Å². The van der Waals surface area contributed by atoms with Gasteiger partial charge in [0.05, 0.1) is 24.4 Å². The summed E-state index contributed by atoms with van der Waals surface area (Å²) in [7, 11) is 0. The third-order valence-corrected chi connectivity index (χ3v) is 9.19. The largest absolute Gasteiger partial charge is 0.511 e. The summed E-state index contributed by atoms with van der Waals surface area (Å²) >= 11 is 0. The van der Waals surface area contributed by atoms with E-state index in [4.69, 9.17) is 5.11 Å². The molecule has 0 aromatic carbocycles. The van der Waals surface area contributed by atoms with Gasteiger partial charge < -0.3 is 30.4 Å². The van der Waals surface area contributed by atoms with E-state index in [0.717, 1.165) is 89.9 Å². The Morgan fingerprint density at radius 3 is 2.14 bits per heavy atom. The fourth-order valence-corrected chi connectivity index (χ4v) is 6.55. The second kappa shape index (κ2) is 21.1. The van der Waals surface area contributed by atoms with Crippen molar-refractivity contribution in [3.8, 4) is 0 Å². The number of fused-ring (bicyclic) bond motifs is 1. The summed E-state index contributed by atoms with van der Waals surface area (Å²) in [6.07, 6.45) is 20.9. The Bertz CT molecular complexity index is 846. The highest BCUT2D eigenvalue weighted by molar-refractivity contribution is 6.27. The van der Waals surface area contributed by atoms with Crippen molar-refractivity contribution in [1.29, 1.82) is 0 Å². The molecule has 2 heterocycles. The number of amides is 1. The van der Waals surface area contributed by atoms with Crippen molar-refractivity contribution in [2.45, 2.75) is 160 Å². The monoisotopic (exact) mass is 607 g/mol. The van der Waals surface area contributed by atoms with Gasteiger partial charge in [-0.1, -0.05) is 83.8 Å². The molecule has 5 N–H and O–H groups in total. The van der Waals surface area contributed by atoms with Gasteiger partial charge in [0.2, 0.25) is 0 Å². The zero-order valence-corrected chi connectivity index (χ0v) is 27.0. The van der Waals surface area contributed by atoms with Gasteiger partial charge in [-0.05, 0) is 63.7 Å². The van der Waals surface area contributed by atoms with Gasteiger partial charge >= 0.3 is 0 Å². The molecule has 6 unspecified atom stereocenters. The first-order chi connectivity index (χ1) is 20.6. The molecule has 1 amide bonds. The van der Waals surface area contributed by atoms with Gasteiger partial charge in [0.15, 0.2) is 5.78 Å². The van der Waals surface area contributed by atoms with E-state index in [9.17, 15) is 30.0 Å². The summed E-state index contributed by atoms with van der Waals surface area (Å²) in [6, 6.07) is -0.614. The van der Waals surface area contributed by atoms with E-state index in [2.05, 4.69) is 19.1 Å². The van der Waals surface area contributed by atoms with Gasteiger partial charge in [-0.25, -0.2) is 0 Å². The number of hydrogen-bond donors (Lipinski definition) is 5. The van der Waals surface area contributed by atoms with Crippen LogP contribution in [0.3, 0.4) is 0 Å².